The molecular formula is C28H30N2O4. The molecule has 6 heteroatoms. The zero-order valence-corrected chi connectivity index (χ0v) is 19.5. The molecule has 34 heavy (non-hydrogen) atoms. The van der Waals surface area contributed by atoms with Crippen LogP contribution in [0.3, 0.4) is 0 Å². The molecule has 0 saturated heterocycles. The minimum Gasteiger partial charge on any atom is -0.498 e. The molecule has 0 fully saturated rings. The van der Waals surface area contributed by atoms with Crippen LogP contribution in [-0.4, -0.2) is 44.2 Å². The molecule has 1 aromatic heterocycles. The van der Waals surface area contributed by atoms with Gasteiger partial charge in [0.15, 0.2) is 0 Å². The van der Waals surface area contributed by atoms with Gasteiger partial charge in [0.1, 0.15) is 30.2 Å². The second-order valence-corrected chi connectivity index (χ2v) is 8.82. The molecule has 1 aliphatic rings. The molecule has 0 spiro atoms. The van der Waals surface area contributed by atoms with Crippen LogP contribution in [0.25, 0.3) is 11.1 Å². The van der Waals surface area contributed by atoms with Crippen molar-refractivity contribution in [1.29, 1.82) is 0 Å². The van der Waals surface area contributed by atoms with Crippen molar-refractivity contribution in [2.45, 2.75) is 44.4 Å². The fraction of sp³-hybridized carbons (Fsp3) is 0.321. The molecule has 0 aliphatic carbocycles. The van der Waals surface area contributed by atoms with E-state index >= 15 is 0 Å². The van der Waals surface area contributed by atoms with Crippen molar-refractivity contribution in [2.75, 3.05) is 13.2 Å². The largest absolute Gasteiger partial charge is 0.498 e. The molecule has 0 radical (unpaired) electrons. The summed E-state index contributed by atoms with van der Waals surface area (Å²) in [5, 5.41) is 29.5. The van der Waals surface area contributed by atoms with Gasteiger partial charge in [-0.15, -0.1) is 0 Å². The van der Waals surface area contributed by atoms with Crippen LogP contribution in [0.4, 0.5) is 0 Å². The van der Waals surface area contributed by atoms with E-state index in [4.69, 9.17) is 4.74 Å². The van der Waals surface area contributed by atoms with Crippen molar-refractivity contribution < 1.29 is 20.1 Å². The van der Waals surface area contributed by atoms with Gasteiger partial charge >= 0.3 is 0 Å². The van der Waals surface area contributed by atoms with Crippen molar-refractivity contribution >= 4 is 0 Å². The van der Waals surface area contributed by atoms with Gasteiger partial charge in [0.05, 0.1) is 6.26 Å². The third-order valence-corrected chi connectivity index (χ3v) is 6.15. The quantitative estimate of drug-likeness (QED) is 0.471. The highest BCUT2D eigenvalue weighted by Gasteiger charge is 2.27. The third kappa shape index (κ3) is 5.23. The standard InChI is InChI=1S/C28H30N2O4/c1-20(32)27-29-14-15-30(27)28(2,13-16-31)12-11-21-3-7-23(8-4-21)24-9-5-22(6-10-24)17-25-18-34-19-26(25)33/h3-10,14-15,18,20,26,31-33H,13,16-17,19H2,1-2H3/t20-,26-,28+/m0/s1. The topological polar surface area (TPSA) is 87.7 Å². The molecule has 0 saturated carbocycles. The van der Waals surface area contributed by atoms with Gasteiger partial charge in [0.2, 0.25) is 0 Å². The maximum absolute atomic E-state index is 10.0. The number of hydrogen-bond acceptors (Lipinski definition) is 5. The number of hydrogen-bond donors (Lipinski definition) is 3. The zero-order chi connectivity index (χ0) is 24.1. The highest BCUT2D eigenvalue weighted by molar-refractivity contribution is 5.64. The smallest absolute Gasteiger partial charge is 0.138 e. The van der Waals surface area contributed by atoms with E-state index in [2.05, 4.69) is 41.1 Å². The van der Waals surface area contributed by atoms with E-state index in [9.17, 15) is 15.3 Å². The van der Waals surface area contributed by atoms with E-state index in [1.54, 1.807) is 25.6 Å². The lowest BCUT2D eigenvalue weighted by Crippen LogP contribution is -2.31. The normalized spacial score (nSPS) is 17.8. The zero-order valence-electron chi connectivity index (χ0n) is 19.5. The molecule has 4 rings (SSSR count). The number of benzene rings is 2. The molecule has 3 atom stereocenters. The van der Waals surface area contributed by atoms with E-state index in [0.29, 0.717) is 25.3 Å². The summed E-state index contributed by atoms with van der Waals surface area (Å²) in [6.07, 6.45) is 4.93. The summed E-state index contributed by atoms with van der Waals surface area (Å²) < 4.78 is 7.02. The number of aliphatic hydroxyl groups excluding tert-OH is 3. The molecule has 0 amide bonds. The van der Waals surface area contributed by atoms with Gasteiger partial charge in [-0.2, -0.15) is 0 Å². The first-order valence-electron chi connectivity index (χ1n) is 11.4. The molecule has 2 heterocycles. The summed E-state index contributed by atoms with van der Waals surface area (Å²) in [7, 11) is 0. The molecule has 176 valence electrons. The molecule has 2 aromatic carbocycles. The Kier molecular flexibility index (Phi) is 7.18. The first-order valence-corrected chi connectivity index (χ1v) is 11.4. The lowest BCUT2D eigenvalue weighted by Gasteiger charge is -2.27. The minimum atomic E-state index is -0.728. The van der Waals surface area contributed by atoms with Crippen LogP contribution in [0, 0.1) is 11.8 Å². The number of rotatable bonds is 7. The van der Waals surface area contributed by atoms with Gasteiger partial charge in [-0.25, -0.2) is 4.98 Å². The Bertz CT molecular complexity index is 1200. The van der Waals surface area contributed by atoms with Crippen LogP contribution in [-0.2, 0) is 16.7 Å². The second-order valence-electron chi connectivity index (χ2n) is 8.82. The van der Waals surface area contributed by atoms with Gasteiger partial charge in [-0.3, -0.25) is 0 Å². The molecule has 1 aliphatic heterocycles. The molecule has 0 bridgehead atoms. The Morgan fingerprint density at radius 3 is 2.41 bits per heavy atom. The van der Waals surface area contributed by atoms with E-state index in [0.717, 1.165) is 27.8 Å². The average Bonchev–Trinajstić information content (AvgIpc) is 3.49. The van der Waals surface area contributed by atoms with Crippen LogP contribution in [0.2, 0.25) is 0 Å². The lowest BCUT2D eigenvalue weighted by molar-refractivity contribution is 0.141. The minimum absolute atomic E-state index is 0.0270. The molecule has 3 aromatic rings. The molecule has 3 N–H and O–H groups in total. The number of ether oxygens (including phenoxy) is 1. The predicted octanol–water partition coefficient (Wildman–Crippen LogP) is 3.57. The fourth-order valence-electron chi connectivity index (χ4n) is 4.10. The number of aliphatic hydroxyl groups is 3. The van der Waals surface area contributed by atoms with Crippen LogP contribution in [0.1, 0.15) is 43.3 Å². The van der Waals surface area contributed by atoms with E-state index in [1.165, 1.54) is 0 Å². The first-order chi connectivity index (χ1) is 16.4. The first kappa shape index (κ1) is 23.8. The summed E-state index contributed by atoms with van der Waals surface area (Å²) in [6, 6.07) is 16.3. The van der Waals surface area contributed by atoms with Crippen molar-refractivity contribution in [1.82, 2.24) is 9.55 Å². The average molecular weight is 459 g/mol. The van der Waals surface area contributed by atoms with Gasteiger partial charge in [0, 0.05) is 36.6 Å². The summed E-state index contributed by atoms with van der Waals surface area (Å²) in [5.74, 6) is 7.03. The number of imidazole rings is 1. The Hall–Kier alpha value is -3.37. The maximum atomic E-state index is 10.0. The number of aromatic nitrogens is 2. The highest BCUT2D eigenvalue weighted by atomic mass is 16.5. The predicted molar refractivity (Wildman–Crippen MR) is 131 cm³/mol. The van der Waals surface area contributed by atoms with Gasteiger partial charge in [-0.1, -0.05) is 48.2 Å². The van der Waals surface area contributed by atoms with Crippen LogP contribution >= 0.6 is 0 Å². The van der Waals surface area contributed by atoms with Crippen LogP contribution in [0.5, 0.6) is 0 Å². The summed E-state index contributed by atoms with van der Waals surface area (Å²) >= 11 is 0. The van der Waals surface area contributed by atoms with E-state index in [1.807, 2.05) is 35.8 Å². The summed E-state index contributed by atoms with van der Waals surface area (Å²) in [4.78, 5) is 4.24. The van der Waals surface area contributed by atoms with Crippen molar-refractivity contribution in [2.24, 2.45) is 0 Å². The Morgan fingerprint density at radius 1 is 1.15 bits per heavy atom. The highest BCUT2D eigenvalue weighted by Crippen LogP contribution is 2.26. The van der Waals surface area contributed by atoms with Crippen molar-refractivity contribution in [3.63, 3.8) is 0 Å². The van der Waals surface area contributed by atoms with Crippen molar-refractivity contribution in [3.05, 3.63) is 89.7 Å². The van der Waals surface area contributed by atoms with Gasteiger partial charge in [0.25, 0.3) is 0 Å². The Balaban J connectivity index is 1.50. The second kappa shape index (κ2) is 10.3. The third-order valence-electron chi connectivity index (χ3n) is 6.15. The van der Waals surface area contributed by atoms with Crippen LogP contribution < -0.4 is 0 Å². The SMILES string of the molecule is C[C@H](O)c1nccn1[C@](C)(C#Cc1ccc(-c2ccc(CC3=COC[C@@H]3O)cc2)cc1)CCO. The van der Waals surface area contributed by atoms with Gasteiger partial charge < -0.3 is 24.6 Å². The number of nitrogens with zero attached hydrogens (tertiary/aromatic N) is 2. The van der Waals surface area contributed by atoms with Crippen molar-refractivity contribution in [3.8, 4) is 23.0 Å². The summed E-state index contributed by atoms with van der Waals surface area (Å²) in [6.45, 7) is 3.92. The molecule has 0 unspecified atom stereocenters. The van der Waals surface area contributed by atoms with E-state index < -0.39 is 17.7 Å². The Labute approximate surface area is 200 Å². The summed E-state index contributed by atoms with van der Waals surface area (Å²) in [5.41, 5.74) is 4.39. The molecular weight excluding hydrogens is 428 g/mol. The fourth-order valence-corrected chi connectivity index (χ4v) is 4.10. The van der Waals surface area contributed by atoms with Crippen LogP contribution in [0.15, 0.2) is 72.8 Å². The van der Waals surface area contributed by atoms with E-state index in [-0.39, 0.29) is 6.61 Å². The monoisotopic (exact) mass is 458 g/mol. The van der Waals surface area contributed by atoms with Gasteiger partial charge in [-0.05, 0) is 49.1 Å². The maximum Gasteiger partial charge on any atom is 0.138 e. The Morgan fingerprint density at radius 2 is 1.82 bits per heavy atom. The lowest BCUT2D eigenvalue weighted by atomic mass is 9.96. The molecule has 6 nitrogen and oxygen atoms in total.